The smallest absolute Gasteiger partial charge is 0.135 e. The Bertz CT molecular complexity index is 3080. The standard InChI is InChI=1S/C47H33N3O/c1-47(2,3)32-17-20-44-38(26-32)36-12-5-7-14-42(36)49(44)33-10-8-9-30(24-33)31-16-21-45-39(25-31)40-27-34(18-22-46(40)51-45)50-41-13-6-4-11-35(41)37-23-29(28-48)15-19-43(37)50/h4-27H,1-3H3. The topological polar surface area (TPSA) is 46.8 Å². The van der Waals surface area contributed by atoms with Crippen LogP contribution in [0, 0.1) is 11.3 Å². The van der Waals surface area contributed by atoms with Crippen molar-refractivity contribution < 1.29 is 4.42 Å². The van der Waals surface area contributed by atoms with Gasteiger partial charge in [-0.3, -0.25) is 0 Å². The molecule has 0 spiro atoms. The maximum Gasteiger partial charge on any atom is 0.135 e. The Morgan fingerprint density at radius 2 is 1.06 bits per heavy atom. The summed E-state index contributed by atoms with van der Waals surface area (Å²) < 4.78 is 11.1. The van der Waals surface area contributed by atoms with Crippen LogP contribution < -0.4 is 0 Å². The molecule has 0 N–H and O–H groups in total. The molecule has 0 amide bonds. The Labute approximate surface area is 295 Å². The molecule has 4 nitrogen and oxygen atoms in total. The monoisotopic (exact) mass is 655 g/mol. The lowest BCUT2D eigenvalue weighted by molar-refractivity contribution is 0.591. The van der Waals surface area contributed by atoms with Gasteiger partial charge in [0.15, 0.2) is 0 Å². The van der Waals surface area contributed by atoms with Gasteiger partial charge in [-0.2, -0.15) is 5.26 Å². The molecule has 0 aliphatic rings. The maximum absolute atomic E-state index is 9.61. The van der Waals surface area contributed by atoms with E-state index in [9.17, 15) is 5.26 Å². The Hall–Kier alpha value is -6.57. The number of nitriles is 1. The third-order valence-electron chi connectivity index (χ3n) is 10.5. The molecule has 10 rings (SSSR count). The van der Waals surface area contributed by atoms with Gasteiger partial charge in [-0.05, 0) is 107 Å². The van der Waals surface area contributed by atoms with E-state index < -0.39 is 0 Å². The van der Waals surface area contributed by atoms with Gasteiger partial charge in [0.1, 0.15) is 11.2 Å². The molecule has 0 unspecified atom stereocenters. The molecule has 0 saturated carbocycles. The number of fused-ring (bicyclic) bond motifs is 9. The third kappa shape index (κ3) is 4.45. The number of benzene rings is 7. The summed E-state index contributed by atoms with van der Waals surface area (Å²) in [6.07, 6.45) is 0. The molecule has 51 heavy (non-hydrogen) atoms. The van der Waals surface area contributed by atoms with Crippen LogP contribution >= 0.6 is 0 Å². The predicted octanol–water partition coefficient (Wildman–Crippen LogP) is 12.6. The second-order valence-corrected chi connectivity index (χ2v) is 14.6. The van der Waals surface area contributed by atoms with Gasteiger partial charge in [-0.25, -0.2) is 0 Å². The molecule has 4 heteroatoms. The zero-order chi connectivity index (χ0) is 34.4. The van der Waals surface area contributed by atoms with E-state index in [2.05, 4.69) is 169 Å². The highest BCUT2D eigenvalue weighted by molar-refractivity contribution is 6.12. The highest BCUT2D eigenvalue weighted by Crippen LogP contribution is 2.39. The summed E-state index contributed by atoms with van der Waals surface area (Å²) in [5.74, 6) is 0. The van der Waals surface area contributed by atoms with Crippen LogP contribution in [-0.4, -0.2) is 9.13 Å². The number of rotatable bonds is 3. The van der Waals surface area contributed by atoms with Gasteiger partial charge in [0.25, 0.3) is 0 Å². The van der Waals surface area contributed by atoms with E-state index in [1.807, 2.05) is 12.1 Å². The molecule has 0 saturated heterocycles. The average molecular weight is 656 g/mol. The van der Waals surface area contributed by atoms with Gasteiger partial charge >= 0.3 is 0 Å². The second kappa shape index (κ2) is 10.7. The van der Waals surface area contributed by atoms with Crippen molar-refractivity contribution >= 4 is 65.6 Å². The van der Waals surface area contributed by atoms with Crippen molar-refractivity contribution in [2.24, 2.45) is 0 Å². The van der Waals surface area contributed by atoms with E-state index in [0.717, 1.165) is 66.2 Å². The molecule has 7 aromatic carbocycles. The van der Waals surface area contributed by atoms with Crippen LogP contribution in [0.2, 0.25) is 0 Å². The van der Waals surface area contributed by atoms with Gasteiger partial charge in [0.2, 0.25) is 0 Å². The molecule has 0 radical (unpaired) electrons. The Morgan fingerprint density at radius 3 is 1.76 bits per heavy atom. The highest BCUT2D eigenvalue weighted by Gasteiger charge is 2.19. The molecule has 0 fully saturated rings. The van der Waals surface area contributed by atoms with Crippen molar-refractivity contribution in [3.05, 3.63) is 157 Å². The molecule has 0 aliphatic carbocycles. The summed E-state index contributed by atoms with van der Waals surface area (Å²) in [7, 11) is 0. The van der Waals surface area contributed by atoms with E-state index in [4.69, 9.17) is 4.42 Å². The first-order valence-corrected chi connectivity index (χ1v) is 17.4. The number of furan rings is 1. The van der Waals surface area contributed by atoms with Crippen LogP contribution in [0.4, 0.5) is 0 Å². The predicted molar refractivity (Wildman–Crippen MR) is 211 cm³/mol. The average Bonchev–Trinajstić information content (AvgIpc) is 3.81. The van der Waals surface area contributed by atoms with Crippen molar-refractivity contribution in [1.29, 1.82) is 5.26 Å². The maximum atomic E-state index is 9.61. The SMILES string of the molecule is CC(C)(C)c1ccc2c(c1)c1ccccc1n2-c1cccc(-c2ccc3oc4ccc(-n5c6ccccc6c6cc(C#N)ccc65)cc4c3c2)c1. The largest absolute Gasteiger partial charge is 0.456 e. The zero-order valence-electron chi connectivity index (χ0n) is 28.6. The van der Waals surface area contributed by atoms with E-state index in [0.29, 0.717) is 5.56 Å². The fourth-order valence-corrected chi connectivity index (χ4v) is 7.95. The normalized spacial score (nSPS) is 12.2. The van der Waals surface area contributed by atoms with Gasteiger partial charge in [0, 0.05) is 43.7 Å². The van der Waals surface area contributed by atoms with E-state index >= 15 is 0 Å². The zero-order valence-corrected chi connectivity index (χ0v) is 28.6. The van der Waals surface area contributed by atoms with Crippen LogP contribution in [-0.2, 0) is 5.41 Å². The van der Waals surface area contributed by atoms with Crippen molar-refractivity contribution in [1.82, 2.24) is 9.13 Å². The first kappa shape index (κ1) is 29.4. The quantitative estimate of drug-likeness (QED) is 0.190. The number of hydrogen-bond acceptors (Lipinski definition) is 2. The van der Waals surface area contributed by atoms with Crippen molar-refractivity contribution in [3.8, 4) is 28.6 Å². The lowest BCUT2D eigenvalue weighted by Crippen LogP contribution is -2.10. The molecular weight excluding hydrogens is 623 g/mol. The van der Waals surface area contributed by atoms with E-state index in [1.165, 1.54) is 27.4 Å². The molecule has 0 bridgehead atoms. The molecule has 3 aromatic heterocycles. The second-order valence-electron chi connectivity index (χ2n) is 14.6. The van der Waals surface area contributed by atoms with Gasteiger partial charge in [-0.15, -0.1) is 0 Å². The Kier molecular flexibility index (Phi) is 6.17. The Balaban J connectivity index is 1.12. The van der Waals surface area contributed by atoms with Gasteiger partial charge in [0.05, 0.1) is 33.7 Å². The minimum Gasteiger partial charge on any atom is -0.456 e. The molecule has 3 heterocycles. The fraction of sp³-hybridized carbons (Fsp3) is 0.0851. The van der Waals surface area contributed by atoms with Gasteiger partial charge < -0.3 is 13.6 Å². The minimum absolute atomic E-state index is 0.0690. The summed E-state index contributed by atoms with van der Waals surface area (Å²) in [5, 5.41) is 16.5. The summed E-state index contributed by atoms with van der Waals surface area (Å²) >= 11 is 0. The van der Waals surface area contributed by atoms with Crippen LogP contribution in [0.1, 0.15) is 31.9 Å². The first-order valence-electron chi connectivity index (χ1n) is 17.4. The summed E-state index contributed by atoms with van der Waals surface area (Å²) in [6, 6.07) is 54.1. The van der Waals surface area contributed by atoms with Crippen LogP contribution in [0.3, 0.4) is 0 Å². The lowest BCUT2D eigenvalue weighted by Gasteiger charge is -2.19. The Morgan fingerprint density at radius 1 is 0.471 bits per heavy atom. The molecule has 10 aromatic rings. The van der Waals surface area contributed by atoms with Crippen LogP contribution in [0.15, 0.2) is 150 Å². The van der Waals surface area contributed by atoms with E-state index in [-0.39, 0.29) is 5.41 Å². The molecule has 0 aliphatic heterocycles. The fourth-order valence-electron chi connectivity index (χ4n) is 7.95. The number of hydrogen-bond donors (Lipinski definition) is 0. The number of para-hydroxylation sites is 2. The third-order valence-corrected chi connectivity index (χ3v) is 10.5. The van der Waals surface area contributed by atoms with Crippen molar-refractivity contribution in [3.63, 3.8) is 0 Å². The summed E-state index contributed by atoms with van der Waals surface area (Å²) in [4.78, 5) is 0. The summed E-state index contributed by atoms with van der Waals surface area (Å²) in [6.45, 7) is 6.82. The van der Waals surface area contributed by atoms with Crippen molar-refractivity contribution in [2.75, 3.05) is 0 Å². The van der Waals surface area contributed by atoms with Crippen LogP contribution in [0.5, 0.6) is 0 Å². The highest BCUT2D eigenvalue weighted by atomic mass is 16.3. The van der Waals surface area contributed by atoms with Crippen LogP contribution in [0.25, 0.3) is 88.1 Å². The van der Waals surface area contributed by atoms with Crippen molar-refractivity contribution in [2.45, 2.75) is 26.2 Å². The number of nitrogens with zero attached hydrogens (tertiary/aromatic N) is 3. The molecule has 0 atom stereocenters. The van der Waals surface area contributed by atoms with E-state index in [1.54, 1.807) is 0 Å². The minimum atomic E-state index is 0.0690. The van der Waals surface area contributed by atoms with Gasteiger partial charge in [-0.1, -0.05) is 81.4 Å². The summed E-state index contributed by atoms with van der Waals surface area (Å²) in [5.41, 5.74) is 12.8. The number of aromatic nitrogens is 2. The first-order chi connectivity index (χ1) is 24.9. The molecule has 242 valence electrons. The lowest BCUT2D eigenvalue weighted by atomic mass is 9.86. The molecular formula is C47H33N3O.